The van der Waals surface area contributed by atoms with Gasteiger partial charge in [-0.25, -0.2) is 8.42 Å². The summed E-state index contributed by atoms with van der Waals surface area (Å²) in [6.45, 7) is 5.03. The van der Waals surface area contributed by atoms with Gasteiger partial charge in [0.25, 0.3) is 0 Å². The van der Waals surface area contributed by atoms with Crippen molar-refractivity contribution in [2.45, 2.75) is 38.7 Å². The van der Waals surface area contributed by atoms with Gasteiger partial charge in [0.1, 0.15) is 5.37 Å². The van der Waals surface area contributed by atoms with Gasteiger partial charge >= 0.3 is 0 Å². The van der Waals surface area contributed by atoms with Gasteiger partial charge in [-0.3, -0.25) is 0 Å². The molecule has 0 saturated carbocycles. The van der Waals surface area contributed by atoms with Gasteiger partial charge in [0, 0.05) is 11.2 Å². The summed E-state index contributed by atoms with van der Waals surface area (Å²) in [5.41, 5.74) is 7.66. The second-order valence-electron chi connectivity index (χ2n) is 4.36. The van der Waals surface area contributed by atoms with E-state index in [9.17, 15) is 13.5 Å². The van der Waals surface area contributed by atoms with Gasteiger partial charge in [-0.15, -0.1) is 0 Å². The molecule has 15 heavy (non-hydrogen) atoms. The van der Waals surface area contributed by atoms with Crippen molar-refractivity contribution in [1.82, 2.24) is 0 Å². The number of sulfone groups is 1. The average Bonchev–Trinajstić information content (AvgIpc) is 2.01. The second-order valence-corrected chi connectivity index (χ2v) is 6.56. The van der Waals surface area contributed by atoms with Crippen LogP contribution in [0.15, 0.2) is 5.11 Å². The van der Waals surface area contributed by atoms with E-state index in [0.29, 0.717) is 0 Å². The van der Waals surface area contributed by atoms with E-state index in [1.54, 1.807) is 20.8 Å². The van der Waals surface area contributed by atoms with Gasteiger partial charge in [0.05, 0.1) is 6.10 Å². The molecule has 0 aliphatic carbocycles. The average molecular weight is 235 g/mol. The molecular weight excluding hydrogens is 218 g/mol. The molecule has 0 spiro atoms. The summed E-state index contributed by atoms with van der Waals surface area (Å²) in [7, 11) is -3.43. The number of nitrogens with zero attached hydrogens (tertiary/aromatic N) is 3. The fourth-order valence-electron chi connectivity index (χ4n) is 0.956. The van der Waals surface area contributed by atoms with E-state index in [0.717, 1.165) is 6.26 Å². The molecule has 0 aromatic heterocycles. The third kappa shape index (κ3) is 4.51. The molecule has 0 fully saturated rings. The van der Waals surface area contributed by atoms with Crippen LogP contribution in [-0.4, -0.2) is 31.3 Å². The maximum absolute atomic E-state index is 11.3. The van der Waals surface area contributed by atoms with Gasteiger partial charge in [0.2, 0.25) is 0 Å². The highest BCUT2D eigenvalue weighted by Gasteiger charge is 2.32. The van der Waals surface area contributed by atoms with Crippen LogP contribution < -0.4 is 0 Å². The fourth-order valence-corrected chi connectivity index (χ4v) is 1.90. The Labute approximate surface area is 89.8 Å². The summed E-state index contributed by atoms with van der Waals surface area (Å²) in [6, 6.07) is 0. The van der Waals surface area contributed by atoms with E-state index >= 15 is 0 Å². The van der Waals surface area contributed by atoms with Crippen molar-refractivity contribution in [3.05, 3.63) is 10.4 Å². The molecule has 0 aromatic carbocycles. The van der Waals surface area contributed by atoms with Crippen LogP contribution in [-0.2, 0) is 9.84 Å². The van der Waals surface area contributed by atoms with E-state index in [-0.39, 0.29) is 6.42 Å². The summed E-state index contributed by atoms with van der Waals surface area (Å²) in [6.07, 6.45) is 0.452. The maximum atomic E-state index is 11.3. The van der Waals surface area contributed by atoms with Crippen LogP contribution in [0.4, 0.5) is 0 Å². The predicted octanol–water partition coefficient (Wildman–Crippen LogP) is 1.46. The summed E-state index contributed by atoms with van der Waals surface area (Å²) in [4.78, 5) is 2.51. The molecule has 0 amide bonds. The van der Waals surface area contributed by atoms with Crippen LogP contribution >= 0.6 is 0 Å². The van der Waals surface area contributed by atoms with Crippen LogP contribution in [0.5, 0.6) is 0 Å². The van der Waals surface area contributed by atoms with Crippen molar-refractivity contribution in [2.24, 2.45) is 10.5 Å². The zero-order valence-corrected chi connectivity index (χ0v) is 10.2. The Morgan fingerprint density at radius 2 is 2.00 bits per heavy atom. The first-order chi connectivity index (χ1) is 6.61. The minimum Gasteiger partial charge on any atom is -0.393 e. The molecule has 0 bridgehead atoms. The van der Waals surface area contributed by atoms with Gasteiger partial charge in [-0.1, -0.05) is 19.0 Å². The number of azide groups is 1. The van der Waals surface area contributed by atoms with Crippen molar-refractivity contribution in [3.63, 3.8) is 0 Å². The van der Waals surface area contributed by atoms with Gasteiger partial charge in [-0.05, 0) is 24.3 Å². The highest BCUT2D eigenvalue weighted by molar-refractivity contribution is 7.91. The van der Waals surface area contributed by atoms with E-state index in [2.05, 4.69) is 10.0 Å². The third-order valence-corrected chi connectivity index (χ3v) is 3.76. The zero-order valence-electron chi connectivity index (χ0n) is 9.38. The highest BCUT2D eigenvalue weighted by Crippen LogP contribution is 2.29. The molecule has 0 saturated heterocycles. The van der Waals surface area contributed by atoms with Crippen LogP contribution in [0.25, 0.3) is 10.4 Å². The Hall–Kier alpha value is -0.780. The second kappa shape index (κ2) is 4.83. The van der Waals surface area contributed by atoms with Crippen LogP contribution in [0, 0.1) is 5.41 Å². The SMILES string of the molecule is CC(O)C(C)(C)CC(N=[N+]=[N-])S(C)(=O)=O. The van der Waals surface area contributed by atoms with Crippen molar-refractivity contribution in [1.29, 1.82) is 0 Å². The molecule has 0 aromatic rings. The summed E-state index contributed by atoms with van der Waals surface area (Å²) in [5.74, 6) is 0. The minimum absolute atomic E-state index is 0.105. The van der Waals surface area contributed by atoms with E-state index in [1.165, 1.54) is 0 Å². The Kier molecular flexibility index (Phi) is 4.58. The number of hydrogen-bond donors (Lipinski definition) is 1. The molecule has 2 unspecified atom stereocenters. The summed E-state index contributed by atoms with van der Waals surface area (Å²) in [5, 5.41) is 11.6. The van der Waals surface area contributed by atoms with Gasteiger partial charge in [-0.2, -0.15) is 0 Å². The maximum Gasteiger partial charge on any atom is 0.156 e. The Bertz CT molecular complexity index is 355. The lowest BCUT2D eigenvalue weighted by atomic mass is 9.84. The summed E-state index contributed by atoms with van der Waals surface area (Å²) >= 11 is 0. The Morgan fingerprint density at radius 1 is 1.53 bits per heavy atom. The minimum atomic E-state index is -3.43. The first-order valence-electron chi connectivity index (χ1n) is 4.52. The number of aliphatic hydroxyl groups is 1. The molecule has 1 N–H and O–H groups in total. The molecule has 88 valence electrons. The molecule has 0 aliphatic heterocycles. The standard InChI is InChI=1S/C8H17N3O3S/c1-6(12)8(2,3)5-7(10-11-9)15(4,13)14/h6-7,12H,5H2,1-4H3. The molecule has 0 radical (unpaired) electrons. The number of rotatable bonds is 5. The van der Waals surface area contributed by atoms with Crippen molar-refractivity contribution in [2.75, 3.05) is 6.26 Å². The normalized spacial score (nSPS) is 16.6. The van der Waals surface area contributed by atoms with E-state index in [4.69, 9.17) is 5.53 Å². The topological polar surface area (TPSA) is 103 Å². The zero-order chi connectivity index (χ0) is 12.3. The predicted molar refractivity (Wildman–Crippen MR) is 57.9 cm³/mol. The van der Waals surface area contributed by atoms with Crippen LogP contribution in [0.3, 0.4) is 0 Å². The fraction of sp³-hybridized carbons (Fsp3) is 1.00. The smallest absolute Gasteiger partial charge is 0.156 e. The Morgan fingerprint density at radius 3 is 2.27 bits per heavy atom. The lowest BCUT2D eigenvalue weighted by molar-refractivity contribution is 0.0593. The number of hydrogen-bond acceptors (Lipinski definition) is 4. The molecule has 0 aliphatic rings. The lowest BCUT2D eigenvalue weighted by Gasteiger charge is -2.29. The van der Waals surface area contributed by atoms with Gasteiger partial charge < -0.3 is 5.11 Å². The quantitative estimate of drug-likeness (QED) is 0.443. The molecular formula is C8H17N3O3S. The Balaban J connectivity index is 4.95. The molecule has 6 nitrogen and oxygen atoms in total. The van der Waals surface area contributed by atoms with Crippen molar-refractivity contribution in [3.8, 4) is 0 Å². The first kappa shape index (κ1) is 14.2. The van der Waals surface area contributed by atoms with Gasteiger partial charge in [0.15, 0.2) is 9.84 Å². The summed E-state index contributed by atoms with van der Waals surface area (Å²) < 4.78 is 22.6. The van der Waals surface area contributed by atoms with E-state index < -0.39 is 26.7 Å². The largest absolute Gasteiger partial charge is 0.393 e. The van der Waals surface area contributed by atoms with Crippen LogP contribution in [0.1, 0.15) is 27.2 Å². The van der Waals surface area contributed by atoms with E-state index in [1.807, 2.05) is 0 Å². The monoisotopic (exact) mass is 235 g/mol. The van der Waals surface area contributed by atoms with Crippen molar-refractivity contribution >= 4 is 9.84 Å². The molecule has 0 rings (SSSR count). The highest BCUT2D eigenvalue weighted by atomic mass is 32.2. The third-order valence-electron chi connectivity index (χ3n) is 2.51. The lowest BCUT2D eigenvalue weighted by Crippen LogP contribution is -2.33. The number of aliphatic hydroxyl groups excluding tert-OH is 1. The molecule has 2 atom stereocenters. The molecule has 0 heterocycles. The van der Waals surface area contributed by atoms with Crippen LogP contribution in [0.2, 0.25) is 0 Å². The molecule has 7 heteroatoms. The van der Waals surface area contributed by atoms with Crippen molar-refractivity contribution < 1.29 is 13.5 Å². The first-order valence-corrected chi connectivity index (χ1v) is 6.48.